The zero-order chi connectivity index (χ0) is 8.27. The van der Waals surface area contributed by atoms with Gasteiger partial charge in [-0.25, -0.2) is 5.01 Å². The molecule has 1 heterocycles. The normalized spacial score (nSPS) is 33.0. The Hall–Kier alpha value is -0.120. The van der Waals surface area contributed by atoms with Gasteiger partial charge in [0.05, 0.1) is 6.61 Å². The molecule has 66 valence electrons. The Balaban J connectivity index is 2.23. The van der Waals surface area contributed by atoms with Crippen LogP contribution in [0.25, 0.3) is 0 Å². The van der Waals surface area contributed by atoms with E-state index in [9.17, 15) is 0 Å². The number of ether oxygens (including phenoxy) is 1. The lowest BCUT2D eigenvalue weighted by molar-refractivity contribution is 0.101. The molecule has 1 aliphatic rings. The Kier molecular flexibility index (Phi) is 3.30. The van der Waals surface area contributed by atoms with Crippen molar-refractivity contribution in [3.8, 4) is 0 Å². The molecule has 2 N–H and O–H groups in total. The van der Waals surface area contributed by atoms with Crippen molar-refractivity contribution in [2.45, 2.75) is 13.8 Å². The highest BCUT2D eigenvalue weighted by Gasteiger charge is 2.27. The van der Waals surface area contributed by atoms with Crippen LogP contribution < -0.4 is 5.84 Å². The van der Waals surface area contributed by atoms with E-state index in [2.05, 4.69) is 6.92 Å². The predicted molar refractivity (Wildman–Crippen MR) is 44.9 cm³/mol. The van der Waals surface area contributed by atoms with Gasteiger partial charge in [-0.05, 0) is 12.8 Å². The van der Waals surface area contributed by atoms with Crippen LogP contribution in [-0.4, -0.2) is 31.3 Å². The molecular formula is C8H18N2O. The Morgan fingerprint density at radius 2 is 2.27 bits per heavy atom. The van der Waals surface area contributed by atoms with Crippen LogP contribution in [0.4, 0.5) is 0 Å². The number of hydrogen-bond donors (Lipinski definition) is 1. The second kappa shape index (κ2) is 4.04. The molecule has 1 rings (SSSR count). The fourth-order valence-electron chi connectivity index (χ4n) is 1.56. The van der Waals surface area contributed by atoms with Gasteiger partial charge in [-0.3, -0.25) is 5.84 Å². The van der Waals surface area contributed by atoms with Crippen LogP contribution in [0.15, 0.2) is 0 Å². The molecule has 1 saturated heterocycles. The third-order valence-corrected chi connectivity index (χ3v) is 2.33. The van der Waals surface area contributed by atoms with Gasteiger partial charge in [0, 0.05) is 25.6 Å². The van der Waals surface area contributed by atoms with Gasteiger partial charge in [-0.15, -0.1) is 0 Å². The molecule has 0 amide bonds. The van der Waals surface area contributed by atoms with E-state index in [0.717, 1.165) is 26.3 Å². The molecule has 0 unspecified atom stereocenters. The van der Waals surface area contributed by atoms with E-state index in [1.54, 1.807) is 0 Å². The number of nitrogens with zero attached hydrogens (tertiary/aromatic N) is 1. The molecule has 3 heteroatoms. The van der Waals surface area contributed by atoms with Gasteiger partial charge in [0.2, 0.25) is 0 Å². The zero-order valence-corrected chi connectivity index (χ0v) is 7.42. The fraction of sp³-hybridized carbons (Fsp3) is 1.00. The number of hydrogen-bond acceptors (Lipinski definition) is 3. The summed E-state index contributed by atoms with van der Waals surface area (Å²) >= 11 is 0. The minimum absolute atomic E-state index is 0.639. The smallest absolute Gasteiger partial charge is 0.0509 e. The summed E-state index contributed by atoms with van der Waals surface area (Å²) < 4.78 is 5.35. The molecule has 0 radical (unpaired) electrons. The van der Waals surface area contributed by atoms with Gasteiger partial charge < -0.3 is 4.74 Å². The van der Waals surface area contributed by atoms with Crippen molar-refractivity contribution in [1.82, 2.24) is 5.01 Å². The summed E-state index contributed by atoms with van der Waals surface area (Å²) in [6, 6.07) is 0. The van der Waals surface area contributed by atoms with Crippen LogP contribution in [0.5, 0.6) is 0 Å². The second-order valence-electron chi connectivity index (χ2n) is 3.35. The Morgan fingerprint density at radius 3 is 2.73 bits per heavy atom. The van der Waals surface area contributed by atoms with Crippen molar-refractivity contribution >= 4 is 0 Å². The summed E-state index contributed by atoms with van der Waals surface area (Å²) in [5.41, 5.74) is 0. The van der Waals surface area contributed by atoms with Crippen LogP contribution in [0.2, 0.25) is 0 Å². The van der Waals surface area contributed by atoms with Gasteiger partial charge in [-0.1, -0.05) is 6.92 Å². The van der Waals surface area contributed by atoms with Crippen molar-refractivity contribution < 1.29 is 4.74 Å². The van der Waals surface area contributed by atoms with Crippen molar-refractivity contribution in [2.75, 3.05) is 26.3 Å². The first-order chi connectivity index (χ1) is 5.24. The molecule has 1 fully saturated rings. The Bertz CT molecular complexity index is 119. The van der Waals surface area contributed by atoms with E-state index >= 15 is 0 Å². The number of nitrogens with two attached hydrogens (primary N) is 1. The fourth-order valence-corrected chi connectivity index (χ4v) is 1.56. The minimum Gasteiger partial charge on any atom is -0.381 e. The minimum atomic E-state index is 0.639. The van der Waals surface area contributed by atoms with Crippen molar-refractivity contribution in [3.63, 3.8) is 0 Å². The maximum atomic E-state index is 5.67. The monoisotopic (exact) mass is 158 g/mol. The van der Waals surface area contributed by atoms with Gasteiger partial charge in [0.1, 0.15) is 0 Å². The van der Waals surface area contributed by atoms with Gasteiger partial charge in [0.15, 0.2) is 0 Å². The number of rotatable bonds is 3. The van der Waals surface area contributed by atoms with Crippen molar-refractivity contribution in [1.29, 1.82) is 0 Å². The second-order valence-corrected chi connectivity index (χ2v) is 3.35. The van der Waals surface area contributed by atoms with Crippen LogP contribution in [0.3, 0.4) is 0 Å². The molecule has 0 aromatic rings. The van der Waals surface area contributed by atoms with Crippen LogP contribution >= 0.6 is 0 Å². The Morgan fingerprint density at radius 1 is 1.55 bits per heavy atom. The quantitative estimate of drug-likeness (QED) is 0.607. The van der Waals surface area contributed by atoms with E-state index < -0.39 is 0 Å². The molecular weight excluding hydrogens is 140 g/mol. The van der Waals surface area contributed by atoms with Gasteiger partial charge >= 0.3 is 0 Å². The summed E-state index contributed by atoms with van der Waals surface area (Å²) in [6.45, 7) is 7.94. The molecule has 0 aliphatic carbocycles. The average Bonchev–Trinajstić information content (AvgIpc) is 2.26. The standard InChI is InChI=1S/C8H18N2O/c1-3-11-6-8-5-10(9)4-7(8)2/h7-8H,3-6,9H2,1-2H3/t7-,8+/m0/s1. The molecule has 0 aromatic carbocycles. The van der Waals surface area contributed by atoms with Crippen LogP contribution in [0, 0.1) is 11.8 Å². The highest BCUT2D eigenvalue weighted by atomic mass is 16.5. The lowest BCUT2D eigenvalue weighted by Crippen LogP contribution is -2.28. The SMILES string of the molecule is CCOC[C@H]1CN(N)C[C@@H]1C. The lowest BCUT2D eigenvalue weighted by Gasteiger charge is -2.12. The van der Waals surface area contributed by atoms with Crippen molar-refractivity contribution in [2.24, 2.45) is 17.7 Å². The molecule has 2 atom stereocenters. The summed E-state index contributed by atoms with van der Waals surface area (Å²) in [5, 5.41) is 1.88. The van der Waals surface area contributed by atoms with E-state index in [4.69, 9.17) is 10.6 Å². The first-order valence-corrected chi connectivity index (χ1v) is 4.31. The number of hydrazine groups is 1. The first-order valence-electron chi connectivity index (χ1n) is 4.31. The molecule has 0 bridgehead atoms. The zero-order valence-electron chi connectivity index (χ0n) is 7.42. The molecule has 0 spiro atoms. The lowest BCUT2D eigenvalue weighted by atomic mass is 9.99. The summed E-state index contributed by atoms with van der Waals surface area (Å²) in [5.74, 6) is 6.99. The van der Waals surface area contributed by atoms with E-state index in [1.165, 1.54) is 0 Å². The molecule has 0 aromatic heterocycles. The summed E-state index contributed by atoms with van der Waals surface area (Å²) in [4.78, 5) is 0. The topological polar surface area (TPSA) is 38.5 Å². The summed E-state index contributed by atoms with van der Waals surface area (Å²) in [6.07, 6.45) is 0. The average molecular weight is 158 g/mol. The highest BCUT2D eigenvalue weighted by Crippen LogP contribution is 2.20. The van der Waals surface area contributed by atoms with Gasteiger partial charge in [0.25, 0.3) is 0 Å². The molecule has 0 saturated carbocycles. The molecule has 11 heavy (non-hydrogen) atoms. The molecule has 1 aliphatic heterocycles. The maximum absolute atomic E-state index is 5.67. The van der Waals surface area contributed by atoms with Crippen LogP contribution in [0.1, 0.15) is 13.8 Å². The van der Waals surface area contributed by atoms with E-state index in [1.807, 2.05) is 11.9 Å². The van der Waals surface area contributed by atoms with Crippen molar-refractivity contribution in [3.05, 3.63) is 0 Å². The third kappa shape index (κ3) is 2.43. The van der Waals surface area contributed by atoms with E-state index in [-0.39, 0.29) is 0 Å². The van der Waals surface area contributed by atoms with Crippen LogP contribution in [-0.2, 0) is 4.74 Å². The van der Waals surface area contributed by atoms with Gasteiger partial charge in [-0.2, -0.15) is 0 Å². The maximum Gasteiger partial charge on any atom is 0.0509 e. The molecule has 3 nitrogen and oxygen atoms in total. The highest BCUT2D eigenvalue weighted by molar-refractivity contribution is 4.77. The Labute approximate surface area is 68.5 Å². The largest absolute Gasteiger partial charge is 0.381 e. The van der Waals surface area contributed by atoms with E-state index in [0.29, 0.717) is 11.8 Å². The first kappa shape index (κ1) is 8.97. The summed E-state index contributed by atoms with van der Waals surface area (Å²) in [7, 11) is 0. The predicted octanol–water partition coefficient (Wildman–Crippen LogP) is 0.465. The third-order valence-electron chi connectivity index (χ3n) is 2.33.